The largest absolute Gasteiger partial charge is 0.374 e. The van der Waals surface area contributed by atoms with E-state index in [0.29, 0.717) is 5.02 Å². The van der Waals surface area contributed by atoms with E-state index in [1.54, 1.807) is 12.1 Å². The van der Waals surface area contributed by atoms with Gasteiger partial charge < -0.3 is 5.32 Å². The van der Waals surface area contributed by atoms with Crippen LogP contribution in [0.25, 0.3) is 0 Å². The lowest BCUT2D eigenvalue weighted by atomic mass is 10.0. The summed E-state index contributed by atoms with van der Waals surface area (Å²) < 4.78 is 13.7. The van der Waals surface area contributed by atoms with E-state index in [9.17, 15) is 4.39 Å². The van der Waals surface area contributed by atoms with Crippen molar-refractivity contribution in [3.63, 3.8) is 0 Å². The molecule has 0 bridgehead atoms. The van der Waals surface area contributed by atoms with E-state index in [0.717, 1.165) is 5.56 Å². The molecule has 0 saturated carbocycles. The Balaban J connectivity index is 2.30. The summed E-state index contributed by atoms with van der Waals surface area (Å²) in [5.74, 6) is -0.425. The molecule has 0 aliphatic heterocycles. The number of nitriles is 1. The number of benzene rings is 2. The SMILES string of the molecule is N#CCC(Nc1c(F)cccc1Cl)c1ccccc1. The maximum absolute atomic E-state index is 13.7. The van der Waals surface area contributed by atoms with Gasteiger partial charge in [0.25, 0.3) is 0 Å². The molecule has 0 fully saturated rings. The maximum atomic E-state index is 13.7. The normalized spacial score (nSPS) is 11.6. The van der Waals surface area contributed by atoms with Gasteiger partial charge in [-0.05, 0) is 17.7 Å². The summed E-state index contributed by atoms with van der Waals surface area (Å²) in [6.07, 6.45) is 0.231. The number of nitrogens with zero attached hydrogens (tertiary/aromatic N) is 1. The molecular weight excluding hydrogens is 263 g/mol. The molecule has 0 aliphatic rings. The molecule has 0 saturated heterocycles. The van der Waals surface area contributed by atoms with Gasteiger partial charge in [-0.2, -0.15) is 5.26 Å². The molecule has 0 amide bonds. The van der Waals surface area contributed by atoms with E-state index in [-0.39, 0.29) is 18.2 Å². The average molecular weight is 275 g/mol. The smallest absolute Gasteiger partial charge is 0.147 e. The highest BCUT2D eigenvalue weighted by molar-refractivity contribution is 6.33. The fourth-order valence-corrected chi connectivity index (χ4v) is 2.06. The van der Waals surface area contributed by atoms with E-state index in [4.69, 9.17) is 16.9 Å². The molecule has 0 heterocycles. The molecule has 0 aromatic heterocycles. The molecular formula is C15H12ClFN2. The number of anilines is 1. The second-order valence-corrected chi connectivity index (χ2v) is 4.47. The highest BCUT2D eigenvalue weighted by Crippen LogP contribution is 2.30. The van der Waals surface area contributed by atoms with Crippen molar-refractivity contribution in [3.8, 4) is 6.07 Å². The van der Waals surface area contributed by atoms with Crippen molar-refractivity contribution in [1.29, 1.82) is 5.26 Å². The number of rotatable bonds is 4. The van der Waals surface area contributed by atoms with E-state index in [1.807, 2.05) is 30.3 Å². The predicted octanol–water partition coefficient (Wildman–Crippen LogP) is 4.55. The van der Waals surface area contributed by atoms with Crippen molar-refractivity contribution in [3.05, 3.63) is 64.9 Å². The van der Waals surface area contributed by atoms with Gasteiger partial charge in [0, 0.05) is 0 Å². The number of nitrogens with one attached hydrogen (secondary N) is 1. The van der Waals surface area contributed by atoms with Crippen LogP contribution in [0.5, 0.6) is 0 Å². The molecule has 2 rings (SSSR count). The fourth-order valence-electron chi connectivity index (χ4n) is 1.84. The Morgan fingerprint density at radius 1 is 1.16 bits per heavy atom. The molecule has 1 atom stereocenters. The van der Waals surface area contributed by atoms with Crippen molar-refractivity contribution in [2.45, 2.75) is 12.5 Å². The van der Waals surface area contributed by atoms with Gasteiger partial charge >= 0.3 is 0 Å². The summed E-state index contributed by atoms with van der Waals surface area (Å²) >= 11 is 5.98. The minimum atomic E-state index is -0.425. The van der Waals surface area contributed by atoms with Crippen LogP contribution >= 0.6 is 11.6 Å². The molecule has 4 heteroatoms. The van der Waals surface area contributed by atoms with Crippen LogP contribution in [0, 0.1) is 17.1 Å². The minimum absolute atomic E-state index is 0.230. The van der Waals surface area contributed by atoms with Crippen molar-refractivity contribution in [2.75, 3.05) is 5.32 Å². The first kappa shape index (κ1) is 13.4. The van der Waals surface area contributed by atoms with E-state index in [1.165, 1.54) is 6.07 Å². The first-order chi connectivity index (χ1) is 9.22. The van der Waals surface area contributed by atoms with Crippen molar-refractivity contribution < 1.29 is 4.39 Å². The van der Waals surface area contributed by atoms with E-state index < -0.39 is 5.82 Å². The molecule has 96 valence electrons. The molecule has 0 spiro atoms. The van der Waals surface area contributed by atoms with Gasteiger partial charge in [-0.25, -0.2) is 4.39 Å². The molecule has 1 N–H and O–H groups in total. The Morgan fingerprint density at radius 3 is 2.53 bits per heavy atom. The van der Waals surface area contributed by atoms with Gasteiger partial charge in [0.15, 0.2) is 0 Å². The third-order valence-electron chi connectivity index (χ3n) is 2.78. The van der Waals surface area contributed by atoms with Gasteiger partial charge in [0.05, 0.1) is 29.2 Å². The van der Waals surface area contributed by atoms with E-state index in [2.05, 4.69) is 11.4 Å². The third-order valence-corrected chi connectivity index (χ3v) is 3.09. The van der Waals surface area contributed by atoms with Gasteiger partial charge in [-0.1, -0.05) is 48.0 Å². The summed E-state index contributed by atoms with van der Waals surface area (Å²) in [5, 5.41) is 12.2. The van der Waals surface area contributed by atoms with Crippen LogP contribution in [-0.4, -0.2) is 0 Å². The zero-order chi connectivity index (χ0) is 13.7. The minimum Gasteiger partial charge on any atom is -0.374 e. The van der Waals surface area contributed by atoms with Crippen LogP contribution in [0.2, 0.25) is 5.02 Å². The average Bonchev–Trinajstić information content (AvgIpc) is 2.43. The summed E-state index contributed by atoms with van der Waals surface area (Å²) in [7, 11) is 0. The Hall–Kier alpha value is -2.05. The lowest BCUT2D eigenvalue weighted by Crippen LogP contribution is -2.11. The van der Waals surface area contributed by atoms with Gasteiger partial charge in [-0.3, -0.25) is 0 Å². The summed E-state index contributed by atoms with van der Waals surface area (Å²) in [4.78, 5) is 0. The molecule has 1 unspecified atom stereocenters. The topological polar surface area (TPSA) is 35.8 Å². The number of hydrogen-bond acceptors (Lipinski definition) is 2. The molecule has 0 radical (unpaired) electrons. The third kappa shape index (κ3) is 3.24. The zero-order valence-corrected chi connectivity index (χ0v) is 10.9. The zero-order valence-electron chi connectivity index (χ0n) is 10.1. The first-order valence-corrected chi connectivity index (χ1v) is 6.22. The Kier molecular flexibility index (Phi) is 4.38. The summed E-state index contributed by atoms with van der Waals surface area (Å²) in [6.45, 7) is 0. The molecule has 19 heavy (non-hydrogen) atoms. The van der Waals surface area contributed by atoms with Crippen LogP contribution in [0.1, 0.15) is 18.0 Å². The Bertz CT molecular complexity index is 573. The predicted molar refractivity (Wildman–Crippen MR) is 74.4 cm³/mol. The summed E-state index contributed by atoms with van der Waals surface area (Å²) in [5.41, 5.74) is 1.15. The molecule has 2 nitrogen and oxygen atoms in total. The Labute approximate surface area is 116 Å². The highest BCUT2D eigenvalue weighted by Gasteiger charge is 2.15. The van der Waals surface area contributed by atoms with E-state index >= 15 is 0 Å². The summed E-state index contributed by atoms with van der Waals surface area (Å²) in [6, 6.07) is 15.7. The molecule has 2 aromatic rings. The van der Waals surface area contributed by atoms with Crippen molar-refractivity contribution >= 4 is 17.3 Å². The van der Waals surface area contributed by atoms with Crippen molar-refractivity contribution in [1.82, 2.24) is 0 Å². The van der Waals surface area contributed by atoms with Gasteiger partial charge in [0.1, 0.15) is 5.82 Å². The van der Waals surface area contributed by atoms with Crippen LogP contribution in [-0.2, 0) is 0 Å². The number of para-hydroxylation sites is 1. The van der Waals surface area contributed by atoms with Crippen molar-refractivity contribution in [2.24, 2.45) is 0 Å². The lowest BCUT2D eigenvalue weighted by molar-refractivity contribution is 0.626. The number of hydrogen-bond donors (Lipinski definition) is 1. The highest BCUT2D eigenvalue weighted by atomic mass is 35.5. The standard InChI is InChI=1S/C15H12ClFN2/c16-12-7-4-8-13(17)15(12)19-14(9-10-18)11-5-2-1-3-6-11/h1-8,14,19H,9H2. The second-order valence-electron chi connectivity index (χ2n) is 4.07. The number of halogens is 2. The van der Waals surface area contributed by atoms with Gasteiger partial charge in [0.2, 0.25) is 0 Å². The van der Waals surface area contributed by atoms with Crippen LogP contribution in [0.4, 0.5) is 10.1 Å². The van der Waals surface area contributed by atoms with Gasteiger partial charge in [-0.15, -0.1) is 0 Å². The Morgan fingerprint density at radius 2 is 1.89 bits per heavy atom. The fraction of sp³-hybridized carbons (Fsp3) is 0.133. The molecule has 2 aromatic carbocycles. The van der Waals surface area contributed by atoms with Crippen LogP contribution in [0.15, 0.2) is 48.5 Å². The quantitative estimate of drug-likeness (QED) is 0.888. The van der Waals surface area contributed by atoms with Crippen LogP contribution < -0.4 is 5.32 Å². The maximum Gasteiger partial charge on any atom is 0.147 e. The molecule has 0 aliphatic carbocycles. The second kappa shape index (κ2) is 6.21. The monoisotopic (exact) mass is 274 g/mol. The van der Waals surface area contributed by atoms with Crippen LogP contribution in [0.3, 0.4) is 0 Å². The lowest BCUT2D eigenvalue weighted by Gasteiger charge is -2.19. The first-order valence-electron chi connectivity index (χ1n) is 5.85.